The van der Waals surface area contributed by atoms with Crippen LogP contribution in [0.1, 0.15) is 6.92 Å². The molecule has 15 heavy (non-hydrogen) atoms. The predicted octanol–water partition coefficient (Wildman–Crippen LogP) is -0.152. The molecule has 0 aromatic rings. The number of carbonyl (C=O) groups excluding carboxylic acids is 1. The van der Waals surface area contributed by atoms with Gasteiger partial charge in [0.15, 0.2) is 0 Å². The SMILES string of the molecule is CN[C@@H]1C(=O)N2C(C(=O)O)=C(C)CS[C@H]12. The van der Waals surface area contributed by atoms with E-state index in [0.717, 1.165) is 5.57 Å². The van der Waals surface area contributed by atoms with Crippen LogP contribution < -0.4 is 5.32 Å². The molecule has 0 saturated carbocycles. The van der Waals surface area contributed by atoms with Gasteiger partial charge in [0, 0.05) is 5.75 Å². The number of likely N-dealkylation sites (N-methyl/N-ethyl adjacent to an activating group) is 1. The molecule has 0 aliphatic carbocycles. The van der Waals surface area contributed by atoms with E-state index in [4.69, 9.17) is 5.11 Å². The fourth-order valence-corrected chi connectivity index (χ4v) is 3.27. The highest BCUT2D eigenvalue weighted by Crippen LogP contribution is 2.39. The molecule has 5 nitrogen and oxygen atoms in total. The van der Waals surface area contributed by atoms with E-state index < -0.39 is 5.97 Å². The number of thioether (sulfide) groups is 1. The highest BCUT2D eigenvalue weighted by atomic mass is 32.2. The molecule has 1 amide bonds. The van der Waals surface area contributed by atoms with Gasteiger partial charge in [-0.3, -0.25) is 9.69 Å². The summed E-state index contributed by atoms with van der Waals surface area (Å²) in [4.78, 5) is 24.0. The Hall–Kier alpha value is -1.01. The van der Waals surface area contributed by atoms with Gasteiger partial charge in [0.05, 0.1) is 0 Å². The minimum atomic E-state index is -1.01. The van der Waals surface area contributed by atoms with Crippen LogP contribution in [0.15, 0.2) is 11.3 Å². The molecule has 0 aromatic carbocycles. The Morgan fingerprint density at radius 1 is 1.67 bits per heavy atom. The van der Waals surface area contributed by atoms with Gasteiger partial charge >= 0.3 is 5.97 Å². The second-order valence-corrected chi connectivity index (χ2v) is 4.72. The van der Waals surface area contributed by atoms with Gasteiger partial charge in [-0.1, -0.05) is 0 Å². The zero-order valence-corrected chi connectivity index (χ0v) is 9.30. The smallest absolute Gasteiger partial charge is 0.352 e. The Labute approximate surface area is 91.5 Å². The van der Waals surface area contributed by atoms with Crippen molar-refractivity contribution in [1.82, 2.24) is 10.2 Å². The van der Waals surface area contributed by atoms with E-state index in [1.54, 1.807) is 25.7 Å². The average molecular weight is 228 g/mol. The van der Waals surface area contributed by atoms with Gasteiger partial charge in [0.25, 0.3) is 0 Å². The molecule has 2 atom stereocenters. The summed E-state index contributed by atoms with van der Waals surface area (Å²) in [6, 6.07) is -0.238. The number of rotatable bonds is 2. The van der Waals surface area contributed by atoms with Crippen molar-refractivity contribution in [3.05, 3.63) is 11.3 Å². The number of carbonyl (C=O) groups is 2. The summed E-state index contributed by atoms with van der Waals surface area (Å²) in [5.41, 5.74) is 0.918. The lowest BCUT2D eigenvalue weighted by Gasteiger charge is -2.49. The van der Waals surface area contributed by atoms with Crippen LogP contribution in [0.4, 0.5) is 0 Å². The van der Waals surface area contributed by atoms with Crippen molar-refractivity contribution >= 4 is 23.6 Å². The van der Waals surface area contributed by atoms with Crippen LogP contribution in [0.25, 0.3) is 0 Å². The Kier molecular flexibility index (Phi) is 2.47. The highest BCUT2D eigenvalue weighted by molar-refractivity contribution is 8.00. The van der Waals surface area contributed by atoms with Crippen LogP contribution in [0.5, 0.6) is 0 Å². The number of amides is 1. The first-order valence-corrected chi connectivity index (χ1v) is 5.67. The standard InChI is InChI=1S/C9H12N2O3S/c1-4-3-15-8-5(10-2)7(12)11(8)6(4)9(13)14/h5,8,10H,3H2,1-2H3,(H,13,14)/t5-,8-/m1/s1. The van der Waals surface area contributed by atoms with Gasteiger partial charge in [0.1, 0.15) is 17.1 Å². The van der Waals surface area contributed by atoms with Crippen molar-refractivity contribution in [2.45, 2.75) is 18.3 Å². The summed E-state index contributed by atoms with van der Waals surface area (Å²) in [5.74, 6) is -0.485. The third kappa shape index (κ3) is 1.36. The van der Waals surface area contributed by atoms with Gasteiger partial charge in [-0.2, -0.15) is 0 Å². The monoisotopic (exact) mass is 228 g/mol. The summed E-state index contributed by atoms with van der Waals surface area (Å²) < 4.78 is 0. The maximum Gasteiger partial charge on any atom is 0.352 e. The van der Waals surface area contributed by atoms with Gasteiger partial charge in [-0.25, -0.2) is 4.79 Å². The van der Waals surface area contributed by atoms with Crippen molar-refractivity contribution in [1.29, 1.82) is 0 Å². The van der Waals surface area contributed by atoms with Crippen LogP contribution in [0, 0.1) is 0 Å². The summed E-state index contributed by atoms with van der Waals surface area (Å²) in [6.45, 7) is 1.76. The number of hydrogen-bond donors (Lipinski definition) is 2. The Morgan fingerprint density at radius 2 is 2.33 bits per heavy atom. The number of nitrogens with zero attached hydrogens (tertiary/aromatic N) is 1. The van der Waals surface area contributed by atoms with Crippen LogP contribution in [0.2, 0.25) is 0 Å². The molecule has 0 spiro atoms. The van der Waals surface area contributed by atoms with Crippen molar-refractivity contribution in [2.24, 2.45) is 0 Å². The number of β-lactam (4-membered cyclic amide) rings is 1. The van der Waals surface area contributed by atoms with Crippen LogP contribution in [0.3, 0.4) is 0 Å². The van der Waals surface area contributed by atoms with Crippen LogP contribution in [-0.2, 0) is 9.59 Å². The zero-order chi connectivity index (χ0) is 11.2. The Morgan fingerprint density at radius 3 is 2.87 bits per heavy atom. The number of nitrogens with one attached hydrogen (secondary N) is 1. The van der Waals surface area contributed by atoms with Crippen molar-refractivity contribution in [2.75, 3.05) is 12.8 Å². The van der Waals surface area contributed by atoms with E-state index in [-0.39, 0.29) is 23.0 Å². The molecule has 1 fully saturated rings. The lowest BCUT2D eigenvalue weighted by Crippen LogP contribution is -2.69. The number of carboxylic acid groups (broad SMARTS) is 1. The lowest BCUT2D eigenvalue weighted by atomic mass is 10.0. The van der Waals surface area contributed by atoms with Gasteiger partial charge in [-0.05, 0) is 19.5 Å². The number of aliphatic carboxylic acids is 1. The minimum absolute atomic E-state index is 0.0581. The number of fused-ring (bicyclic) bond motifs is 1. The second-order valence-electron chi connectivity index (χ2n) is 3.61. The van der Waals surface area contributed by atoms with E-state index in [2.05, 4.69) is 5.32 Å². The lowest BCUT2D eigenvalue weighted by molar-refractivity contribution is -0.149. The van der Waals surface area contributed by atoms with E-state index in [1.165, 1.54) is 4.90 Å². The summed E-state index contributed by atoms with van der Waals surface area (Å²) >= 11 is 1.60. The first-order valence-electron chi connectivity index (χ1n) is 4.63. The third-order valence-electron chi connectivity index (χ3n) is 2.67. The fraction of sp³-hybridized carbons (Fsp3) is 0.556. The molecule has 2 heterocycles. The Balaban J connectivity index is 2.32. The zero-order valence-electron chi connectivity index (χ0n) is 8.48. The van der Waals surface area contributed by atoms with Crippen molar-refractivity contribution in [3.63, 3.8) is 0 Å². The van der Waals surface area contributed by atoms with Crippen LogP contribution >= 0.6 is 11.8 Å². The molecule has 2 N–H and O–H groups in total. The first kappa shape index (κ1) is 10.5. The summed E-state index contributed by atoms with van der Waals surface area (Å²) in [5, 5.41) is 11.9. The maximum atomic E-state index is 11.6. The molecule has 1 saturated heterocycles. The largest absolute Gasteiger partial charge is 0.477 e. The first-order chi connectivity index (χ1) is 7.07. The summed E-state index contributed by atoms with van der Waals surface area (Å²) in [7, 11) is 1.71. The van der Waals surface area contributed by atoms with Crippen LogP contribution in [-0.4, -0.2) is 46.1 Å². The molecule has 0 bridgehead atoms. The molecule has 0 radical (unpaired) electrons. The molecule has 2 aliphatic heterocycles. The third-order valence-corrected chi connectivity index (χ3v) is 4.10. The molecular formula is C9H12N2O3S. The van der Waals surface area contributed by atoms with E-state index in [0.29, 0.717) is 5.75 Å². The number of carboxylic acids is 1. The maximum absolute atomic E-state index is 11.6. The molecule has 0 aromatic heterocycles. The van der Waals surface area contributed by atoms with E-state index in [1.807, 2.05) is 0 Å². The van der Waals surface area contributed by atoms with Gasteiger partial charge < -0.3 is 10.4 Å². The molecule has 82 valence electrons. The Bertz CT molecular complexity index is 366. The van der Waals surface area contributed by atoms with E-state index >= 15 is 0 Å². The quantitative estimate of drug-likeness (QED) is 0.643. The molecule has 2 aliphatic rings. The van der Waals surface area contributed by atoms with Crippen molar-refractivity contribution < 1.29 is 14.7 Å². The normalized spacial score (nSPS) is 30.0. The number of hydrogen-bond acceptors (Lipinski definition) is 4. The van der Waals surface area contributed by atoms with E-state index in [9.17, 15) is 9.59 Å². The molecule has 2 rings (SSSR count). The van der Waals surface area contributed by atoms with Gasteiger partial charge in [-0.15, -0.1) is 11.8 Å². The molecule has 0 unspecified atom stereocenters. The molecular weight excluding hydrogens is 216 g/mol. The topological polar surface area (TPSA) is 69.6 Å². The fourth-order valence-electron chi connectivity index (χ4n) is 1.91. The minimum Gasteiger partial charge on any atom is -0.477 e. The predicted molar refractivity (Wildman–Crippen MR) is 56.3 cm³/mol. The summed E-state index contributed by atoms with van der Waals surface area (Å²) in [6.07, 6.45) is 0. The second kappa shape index (κ2) is 3.53. The van der Waals surface area contributed by atoms with Crippen molar-refractivity contribution in [3.8, 4) is 0 Å². The average Bonchev–Trinajstić information content (AvgIpc) is 2.18. The molecule has 6 heteroatoms. The van der Waals surface area contributed by atoms with Gasteiger partial charge in [0.2, 0.25) is 5.91 Å². The highest BCUT2D eigenvalue weighted by Gasteiger charge is 2.52.